The van der Waals surface area contributed by atoms with Gasteiger partial charge in [-0.25, -0.2) is 0 Å². The number of halogens is 1. The van der Waals surface area contributed by atoms with Crippen LogP contribution < -0.4 is 5.73 Å². The van der Waals surface area contributed by atoms with Crippen LogP contribution in [0, 0.1) is 18.3 Å². The molecule has 124 valence electrons. The summed E-state index contributed by atoms with van der Waals surface area (Å²) < 4.78 is 0.993. The summed E-state index contributed by atoms with van der Waals surface area (Å²) in [4.78, 5) is 26.8. The van der Waals surface area contributed by atoms with Crippen LogP contribution in [0.2, 0.25) is 0 Å². The Morgan fingerprint density at radius 1 is 1.39 bits per heavy atom. The van der Waals surface area contributed by atoms with Crippen molar-refractivity contribution in [1.82, 2.24) is 4.90 Å². The van der Waals surface area contributed by atoms with E-state index in [0.717, 1.165) is 29.3 Å². The predicted octanol–water partition coefficient (Wildman–Crippen LogP) is 3.27. The number of nitrogens with two attached hydrogens (primary N) is 1. The van der Waals surface area contributed by atoms with E-state index in [2.05, 4.69) is 15.9 Å². The Morgan fingerprint density at radius 3 is 2.74 bits per heavy atom. The molecule has 1 aliphatic heterocycles. The molecule has 1 aliphatic carbocycles. The van der Waals surface area contributed by atoms with E-state index in [1.165, 1.54) is 12.8 Å². The van der Waals surface area contributed by atoms with Crippen LogP contribution >= 0.6 is 15.9 Å². The van der Waals surface area contributed by atoms with E-state index in [4.69, 9.17) is 5.73 Å². The highest BCUT2D eigenvalue weighted by molar-refractivity contribution is 9.10. The SMILES string of the molecule is Cc1cc(C(=O)N2CCCC(CC3CC3)(C(N)=O)C2)ccc1Br. The van der Waals surface area contributed by atoms with Crippen LogP contribution in [0.15, 0.2) is 22.7 Å². The van der Waals surface area contributed by atoms with Crippen LogP contribution in [0.1, 0.15) is 48.0 Å². The fourth-order valence-corrected chi connectivity index (χ4v) is 3.85. The Bertz CT molecular complexity index is 642. The van der Waals surface area contributed by atoms with Gasteiger partial charge < -0.3 is 10.6 Å². The zero-order valence-corrected chi connectivity index (χ0v) is 15.1. The van der Waals surface area contributed by atoms with Crippen molar-refractivity contribution < 1.29 is 9.59 Å². The van der Waals surface area contributed by atoms with Crippen LogP contribution in [-0.2, 0) is 4.79 Å². The van der Waals surface area contributed by atoms with Gasteiger partial charge in [-0.15, -0.1) is 0 Å². The molecule has 1 unspecified atom stereocenters. The standard InChI is InChI=1S/C18H23BrN2O2/c1-12-9-14(5-6-15(12)19)16(22)21-8-2-7-18(11-21,17(20)23)10-13-3-4-13/h5-6,9,13H,2-4,7-8,10-11H2,1H3,(H2,20,23). The zero-order chi connectivity index (χ0) is 16.6. The number of benzene rings is 1. The van der Waals surface area contributed by atoms with E-state index in [9.17, 15) is 9.59 Å². The lowest BCUT2D eigenvalue weighted by Gasteiger charge is -2.41. The van der Waals surface area contributed by atoms with Crippen LogP contribution in [-0.4, -0.2) is 29.8 Å². The van der Waals surface area contributed by atoms with Crippen LogP contribution in [0.5, 0.6) is 0 Å². The highest BCUT2D eigenvalue weighted by Crippen LogP contribution is 2.44. The molecule has 5 heteroatoms. The molecule has 0 radical (unpaired) electrons. The lowest BCUT2D eigenvalue weighted by molar-refractivity contribution is -0.131. The number of carbonyl (C=O) groups excluding carboxylic acids is 2. The third kappa shape index (κ3) is 3.44. The Balaban J connectivity index is 1.80. The van der Waals surface area contributed by atoms with Gasteiger partial charge in [-0.05, 0) is 55.9 Å². The number of primary amides is 1. The van der Waals surface area contributed by atoms with E-state index in [1.807, 2.05) is 30.0 Å². The molecule has 3 rings (SSSR count). The molecule has 1 atom stereocenters. The second-order valence-corrected chi connectivity index (χ2v) is 7.94. The van der Waals surface area contributed by atoms with E-state index >= 15 is 0 Å². The lowest BCUT2D eigenvalue weighted by atomic mass is 9.75. The second-order valence-electron chi connectivity index (χ2n) is 7.09. The number of likely N-dealkylation sites (tertiary alicyclic amines) is 1. The maximum atomic E-state index is 12.8. The van der Waals surface area contributed by atoms with E-state index < -0.39 is 5.41 Å². The molecule has 2 N–H and O–H groups in total. The van der Waals surface area contributed by atoms with Crippen LogP contribution in [0.4, 0.5) is 0 Å². The molecule has 2 amide bonds. The molecule has 0 bridgehead atoms. The molecule has 23 heavy (non-hydrogen) atoms. The number of carbonyl (C=O) groups is 2. The summed E-state index contributed by atoms with van der Waals surface area (Å²) in [7, 11) is 0. The predicted molar refractivity (Wildman–Crippen MR) is 93.0 cm³/mol. The van der Waals surface area contributed by atoms with Gasteiger partial charge in [0.2, 0.25) is 5.91 Å². The van der Waals surface area contributed by atoms with Gasteiger partial charge in [-0.2, -0.15) is 0 Å². The first-order chi connectivity index (χ1) is 10.9. The van der Waals surface area contributed by atoms with Crippen molar-refractivity contribution in [3.8, 4) is 0 Å². The van der Waals surface area contributed by atoms with E-state index in [0.29, 0.717) is 24.6 Å². The molecule has 0 aromatic heterocycles. The normalized spacial score (nSPS) is 24.5. The maximum absolute atomic E-state index is 12.8. The molecule has 1 heterocycles. The molecule has 1 saturated heterocycles. The Morgan fingerprint density at radius 2 is 2.13 bits per heavy atom. The van der Waals surface area contributed by atoms with Gasteiger partial charge in [0.05, 0.1) is 5.41 Å². The molecule has 1 aromatic carbocycles. The number of nitrogens with zero attached hydrogens (tertiary/aromatic N) is 1. The molecule has 2 fully saturated rings. The highest BCUT2D eigenvalue weighted by Gasteiger charge is 2.45. The number of hydrogen-bond donors (Lipinski definition) is 1. The summed E-state index contributed by atoms with van der Waals surface area (Å²) in [5.74, 6) is 0.378. The number of hydrogen-bond acceptors (Lipinski definition) is 2. The molecule has 1 saturated carbocycles. The van der Waals surface area contributed by atoms with Crippen molar-refractivity contribution in [2.24, 2.45) is 17.1 Å². The van der Waals surface area contributed by atoms with Crippen molar-refractivity contribution in [3.63, 3.8) is 0 Å². The summed E-state index contributed by atoms with van der Waals surface area (Å²) in [5, 5.41) is 0. The summed E-state index contributed by atoms with van der Waals surface area (Å²) in [6, 6.07) is 5.63. The van der Waals surface area contributed by atoms with Crippen molar-refractivity contribution in [1.29, 1.82) is 0 Å². The van der Waals surface area contributed by atoms with E-state index in [-0.39, 0.29) is 11.8 Å². The van der Waals surface area contributed by atoms with Crippen molar-refractivity contribution in [2.75, 3.05) is 13.1 Å². The van der Waals surface area contributed by atoms with Gasteiger partial charge in [0.1, 0.15) is 0 Å². The topological polar surface area (TPSA) is 63.4 Å². The first-order valence-corrected chi connectivity index (χ1v) is 9.06. The van der Waals surface area contributed by atoms with Crippen molar-refractivity contribution >= 4 is 27.7 Å². The van der Waals surface area contributed by atoms with Gasteiger partial charge >= 0.3 is 0 Å². The molecule has 2 aliphatic rings. The summed E-state index contributed by atoms with van der Waals surface area (Å²) in [5.41, 5.74) is 6.92. The average molecular weight is 379 g/mol. The van der Waals surface area contributed by atoms with E-state index in [1.54, 1.807) is 0 Å². The summed E-state index contributed by atoms with van der Waals surface area (Å²) in [6.07, 6.45) is 4.87. The molecule has 4 nitrogen and oxygen atoms in total. The average Bonchev–Trinajstić information content (AvgIpc) is 3.33. The van der Waals surface area contributed by atoms with Gasteiger partial charge in [0, 0.05) is 23.1 Å². The monoisotopic (exact) mass is 378 g/mol. The first kappa shape index (κ1) is 16.5. The molecular formula is C18H23BrN2O2. The Kier molecular flexibility index (Phi) is 4.50. The lowest BCUT2D eigenvalue weighted by Crippen LogP contribution is -2.52. The van der Waals surface area contributed by atoms with Gasteiger partial charge in [0.25, 0.3) is 5.91 Å². The summed E-state index contributed by atoms with van der Waals surface area (Å²) in [6.45, 7) is 3.14. The molecule has 1 aromatic rings. The van der Waals surface area contributed by atoms with Gasteiger partial charge in [0.15, 0.2) is 0 Å². The third-order valence-electron chi connectivity index (χ3n) is 5.17. The first-order valence-electron chi connectivity index (χ1n) is 8.27. The highest BCUT2D eigenvalue weighted by atomic mass is 79.9. The quantitative estimate of drug-likeness (QED) is 0.873. The Labute approximate surface area is 145 Å². The van der Waals surface area contributed by atoms with Crippen LogP contribution in [0.3, 0.4) is 0 Å². The van der Waals surface area contributed by atoms with Crippen LogP contribution in [0.25, 0.3) is 0 Å². The van der Waals surface area contributed by atoms with Crippen molar-refractivity contribution in [2.45, 2.75) is 39.0 Å². The molecular weight excluding hydrogens is 356 g/mol. The Hall–Kier alpha value is -1.36. The second kappa shape index (κ2) is 6.27. The number of piperidine rings is 1. The largest absolute Gasteiger partial charge is 0.369 e. The minimum absolute atomic E-state index is 0.00159. The fourth-order valence-electron chi connectivity index (χ4n) is 3.61. The number of rotatable bonds is 4. The summed E-state index contributed by atoms with van der Waals surface area (Å²) >= 11 is 3.46. The van der Waals surface area contributed by atoms with Gasteiger partial charge in [-0.1, -0.05) is 28.8 Å². The number of aryl methyl sites for hydroxylation is 1. The third-order valence-corrected chi connectivity index (χ3v) is 6.06. The van der Waals surface area contributed by atoms with Gasteiger partial charge in [-0.3, -0.25) is 9.59 Å². The minimum atomic E-state index is -0.528. The smallest absolute Gasteiger partial charge is 0.253 e. The minimum Gasteiger partial charge on any atom is -0.369 e. The van der Waals surface area contributed by atoms with Crippen molar-refractivity contribution in [3.05, 3.63) is 33.8 Å². The maximum Gasteiger partial charge on any atom is 0.253 e. The number of amides is 2. The molecule has 0 spiro atoms. The fraction of sp³-hybridized carbons (Fsp3) is 0.556. The zero-order valence-electron chi connectivity index (χ0n) is 13.5.